The van der Waals surface area contributed by atoms with E-state index in [2.05, 4.69) is 26.1 Å². The van der Waals surface area contributed by atoms with Gasteiger partial charge in [-0.2, -0.15) is 0 Å². The van der Waals surface area contributed by atoms with Gasteiger partial charge >= 0.3 is 5.97 Å². The monoisotopic (exact) mass is 516 g/mol. The van der Waals surface area contributed by atoms with Crippen LogP contribution in [0.4, 0.5) is 11.4 Å². The highest BCUT2D eigenvalue weighted by atomic mass is 35.5. The van der Waals surface area contributed by atoms with Gasteiger partial charge in [0.15, 0.2) is 0 Å². The van der Waals surface area contributed by atoms with Gasteiger partial charge < -0.3 is 10.1 Å². The molecule has 3 aromatic rings. The van der Waals surface area contributed by atoms with Gasteiger partial charge in [-0.05, 0) is 79.8 Å². The van der Waals surface area contributed by atoms with Crippen molar-refractivity contribution in [1.29, 1.82) is 0 Å². The number of rotatable bonds is 5. The molecule has 0 unspecified atom stereocenters. The number of ether oxygens (including phenoxy) is 1. The van der Waals surface area contributed by atoms with Crippen LogP contribution in [0.3, 0.4) is 0 Å². The number of anilines is 2. The maximum atomic E-state index is 13.1. The standard InChI is InChI=1S/C30H29ClN2O4/c1-17-7-12-24(23(16-17)30(4,5)6)37-29(36)20-8-10-21(11-9-20)32-26-25(31)27(34)33(28(26)35)22-14-18(2)13-19(3)15-22/h7-16,32H,1-6H3. The first-order valence-electron chi connectivity index (χ1n) is 11.9. The number of aryl methyl sites for hydroxylation is 3. The Hall–Kier alpha value is -3.90. The maximum absolute atomic E-state index is 13.1. The molecule has 0 fully saturated rings. The molecule has 0 aliphatic carbocycles. The van der Waals surface area contributed by atoms with Crippen molar-refractivity contribution < 1.29 is 19.1 Å². The van der Waals surface area contributed by atoms with Crippen LogP contribution >= 0.6 is 11.6 Å². The van der Waals surface area contributed by atoms with Gasteiger partial charge in [-0.1, -0.05) is 56.1 Å². The van der Waals surface area contributed by atoms with E-state index in [1.807, 2.05) is 45.0 Å². The molecule has 2 amide bonds. The average molecular weight is 517 g/mol. The van der Waals surface area contributed by atoms with E-state index in [0.29, 0.717) is 22.7 Å². The Morgan fingerprint density at radius 2 is 1.46 bits per heavy atom. The van der Waals surface area contributed by atoms with Gasteiger partial charge in [0.05, 0.1) is 11.3 Å². The number of amides is 2. The minimum absolute atomic E-state index is 0.0179. The lowest BCUT2D eigenvalue weighted by Crippen LogP contribution is -2.32. The highest BCUT2D eigenvalue weighted by Gasteiger charge is 2.39. The smallest absolute Gasteiger partial charge is 0.343 e. The van der Waals surface area contributed by atoms with Gasteiger partial charge in [-0.3, -0.25) is 9.59 Å². The van der Waals surface area contributed by atoms with Gasteiger partial charge in [-0.15, -0.1) is 0 Å². The molecule has 190 valence electrons. The van der Waals surface area contributed by atoms with Crippen LogP contribution in [-0.2, 0) is 15.0 Å². The van der Waals surface area contributed by atoms with Crippen LogP contribution in [0.2, 0.25) is 0 Å². The highest BCUT2D eigenvalue weighted by Crippen LogP contribution is 2.33. The lowest BCUT2D eigenvalue weighted by Gasteiger charge is -2.22. The molecule has 1 aliphatic rings. The number of nitrogens with zero attached hydrogens (tertiary/aromatic N) is 1. The van der Waals surface area contributed by atoms with Crippen LogP contribution in [0, 0.1) is 20.8 Å². The number of carbonyl (C=O) groups is 3. The predicted octanol–water partition coefficient (Wildman–Crippen LogP) is 6.56. The van der Waals surface area contributed by atoms with Crippen molar-refractivity contribution in [2.75, 3.05) is 10.2 Å². The third-order valence-corrected chi connectivity index (χ3v) is 6.38. The molecular weight excluding hydrogens is 488 g/mol. The molecule has 0 saturated heterocycles. The summed E-state index contributed by atoms with van der Waals surface area (Å²) in [4.78, 5) is 39.8. The van der Waals surface area contributed by atoms with Gasteiger partial charge in [0.2, 0.25) is 0 Å². The molecule has 0 spiro atoms. The van der Waals surface area contributed by atoms with Crippen molar-refractivity contribution >= 4 is 40.8 Å². The summed E-state index contributed by atoms with van der Waals surface area (Å²) < 4.78 is 5.72. The number of hydrogen-bond acceptors (Lipinski definition) is 5. The Morgan fingerprint density at radius 1 is 0.838 bits per heavy atom. The number of benzene rings is 3. The van der Waals surface area contributed by atoms with Gasteiger partial charge in [0, 0.05) is 11.3 Å². The van der Waals surface area contributed by atoms with E-state index in [-0.39, 0.29) is 16.1 Å². The molecule has 6 nitrogen and oxygen atoms in total. The third-order valence-electron chi connectivity index (χ3n) is 6.03. The molecular formula is C30H29ClN2O4. The maximum Gasteiger partial charge on any atom is 0.343 e. The molecule has 1 aliphatic heterocycles. The predicted molar refractivity (Wildman–Crippen MR) is 146 cm³/mol. The molecule has 0 radical (unpaired) electrons. The van der Waals surface area contributed by atoms with Crippen LogP contribution in [0.1, 0.15) is 53.4 Å². The lowest BCUT2D eigenvalue weighted by atomic mass is 9.85. The first kappa shape index (κ1) is 26.2. The van der Waals surface area contributed by atoms with Crippen molar-refractivity contribution in [3.8, 4) is 5.75 Å². The zero-order chi connectivity index (χ0) is 27.1. The van der Waals surface area contributed by atoms with E-state index in [9.17, 15) is 14.4 Å². The normalized spacial score (nSPS) is 13.9. The zero-order valence-electron chi connectivity index (χ0n) is 21.7. The van der Waals surface area contributed by atoms with Crippen LogP contribution in [0.5, 0.6) is 5.75 Å². The highest BCUT2D eigenvalue weighted by molar-refractivity contribution is 6.53. The molecule has 37 heavy (non-hydrogen) atoms. The van der Waals surface area contributed by atoms with Crippen molar-refractivity contribution in [3.05, 3.63) is 99.2 Å². The number of esters is 1. The molecule has 0 atom stereocenters. The molecule has 1 heterocycles. The summed E-state index contributed by atoms with van der Waals surface area (Å²) in [5, 5.41) is 2.74. The van der Waals surface area contributed by atoms with E-state index in [0.717, 1.165) is 27.2 Å². The molecule has 0 saturated carbocycles. The van der Waals surface area contributed by atoms with Crippen molar-refractivity contribution in [2.45, 2.75) is 47.0 Å². The largest absolute Gasteiger partial charge is 0.423 e. The quantitative estimate of drug-likeness (QED) is 0.236. The summed E-state index contributed by atoms with van der Waals surface area (Å²) >= 11 is 6.26. The molecule has 3 aromatic carbocycles. The second kappa shape index (κ2) is 9.87. The molecule has 4 rings (SSSR count). The Bertz CT molecular complexity index is 1430. The fourth-order valence-electron chi connectivity index (χ4n) is 4.24. The van der Waals surface area contributed by atoms with Gasteiger partial charge in [0.1, 0.15) is 16.5 Å². The lowest BCUT2D eigenvalue weighted by molar-refractivity contribution is -0.120. The minimum Gasteiger partial charge on any atom is -0.423 e. The van der Waals surface area contributed by atoms with E-state index in [1.165, 1.54) is 0 Å². The Balaban J connectivity index is 1.51. The molecule has 7 heteroatoms. The van der Waals surface area contributed by atoms with E-state index >= 15 is 0 Å². The third kappa shape index (κ3) is 5.44. The second-order valence-electron chi connectivity index (χ2n) is 10.3. The van der Waals surface area contributed by atoms with E-state index in [1.54, 1.807) is 36.4 Å². The molecule has 0 aromatic heterocycles. The topological polar surface area (TPSA) is 75.7 Å². The van der Waals surface area contributed by atoms with Crippen molar-refractivity contribution in [3.63, 3.8) is 0 Å². The summed E-state index contributed by atoms with van der Waals surface area (Å²) in [6, 6.07) is 17.7. The van der Waals surface area contributed by atoms with E-state index < -0.39 is 17.8 Å². The SMILES string of the molecule is Cc1cc(C)cc(N2C(=O)C(Cl)=C(Nc3ccc(C(=O)Oc4ccc(C)cc4C(C)(C)C)cc3)C2=O)c1. The minimum atomic E-state index is -0.591. The molecule has 0 bridgehead atoms. The Morgan fingerprint density at radius 3 is 2.05 bits per heavy atom. The number of imide groups is 1. The first-order chi connectivity index (χ1) is 17.3. The number of nitrogens with one attached hydrogen (secondary N) is 1. The summed E-state index contributed by atoms with van der Waals surface area (Å²) in [5.74, 6) is -1.11. The van der Waals surface area contributed by atoms with Crippen LogP contribution < -0.4 is 15.0 Å². The van der Waals surface area contributed by atoms with E-state index in [4.69, 9.17) is 16.3 Å². The zero-order valence-corrected chi connectivity index (χ0v) is 22.5. The molecule has 1 N–H and O–H groups in total. The van der Waals surface area contributed by atoms with Crippen LogP contribution in [-0.4, -0.2) is 17.8 Å². The van der Waals surface area contributed by atoms with Gasteiger partial charge in [0.25, 0.3) is 11.8 Å². The Labute approximate surface area is 221 Å². The average Bonchev–Trinajstić information content (AvgIpc) is 3.02. The summed E-state index contributed by atoms with van der Waals surface area (Å²) in [5.41, 5.74) is 4.98. The first-order valence-corrected chi connectivity index (χ1v) is 12.3. The van der Waals surface area contributed by atoms with Crippen LogP contribution in [0.25, 0.3) is 0 Å². The van der Waals surface area contributed by atoms with Crippen LogP contribution in [0.15, 0.2) is 71.4 Å². The Kier molecular flexibility index (Phi) is 6.98. The van der Waals surface area contributed by atoms with Gasteiger partial charge in [-0.25, -0.2) is 9.69 Å². The number of halogens is 1. The number of carbonyl (C=O) groups excluding carboxylic acids is 3. The fourth-order valence-corrected chi connectivity index (χ4v) is 4.45. The summed E-state index contributed by atoms with van der Waals surface area (Å²) in [6.07, 6.45) is 0. The van der Waals surface area contributed by atoms with Crippen molar-refractivity contribution in [1.82, 2.24) is 0 Å². The summed E-state index contributed by atoms with van der Waals surface area (Å²) in [7, 11) is 0. The fraction of sp³-hybridized carbons (Fsp3) is 0.233. The van der Waals surface area contributed by atoms with Crippen molar-refractivity contribution in [2.24, 2.45) is 0 Å². The second-order valence-corrected chi connectivity index (χ2v) is 10.7. The summed E-state index contributed by atoms with van der Waals surface area (Å²) in [6.45, 7) is 12.0. The number of hydrogen-bond donors (Lipinski definition) is 1.